The number of rotatable bonds is 6. The molecular weight excluding hydrogens is 466 g/mol. The average Bonchev–Trinajstić information content (AvgIpc) is 3.34. The summed E-state index contributed by atoms with van der Waals surface area (Å²) in [5, 5.41) is 13.8. The normalized spacial score (nSPS) is 11.0. The number of halogens is 1. The molecular formula is C18H14ClN5O3S3. The number of benzene rings is 1. The van der Waals surface area contributed by atoms with Crippen molar-refractivity contribution < 1.29 is 9.53 Å². The molecule has 0 radical (unpaired) electrons. The first kappa shape index (κ1) is 20.8. The first-order valence-corrected chi connectivity index (χ1v) is 11.8. The van der Waals surface area contributed by atoms with E-state index in [1.807, 2.05) is 23.6 Å². The fraction of sp³-hybridized carbons (Fsp3) is 0.167. The number of hydrogen-bond acceptors (Lipinski definition) is 9. The third-order valence-electron chi connectivity index (χ3n) is 3.88. The van der Waals surface area contributed by atoms with Crippen molar-refractivity contribution in [1.82, 2.24) is 20.2 Å². The van der Waals surface area contributed by atoms with E-state index in [1.54, 1.807) is 13.0 Å². The molecule has 8 nitrogen and oxygen atoms in total. The minimum Gasteiger partial charge on any atom is -0.450 e. The van der Waals surface area contributed by atoms with Gasteiger partial charge in [-0.3, -0.25) is 10.1 Å². The molecule has 0 bridgehead atoms. The van der Waals surface area contributed by atoms with Gasteiger partial charge < -0.3 is 9.72 Å². The Balaban J connectivity index is 1.51. The highest BCUT2D eigenvalue weighted by molar-refractivity contribution is 8.00. The lowest BCUT2D eigenvalue weighted by Crippen LogP contribution is -2.12. The summed E-state index contributed by atoms with van der Waals surface area (Å²) in [6.45, 7) is 1.99. The van der Waals surface area contributed by atoms with Crippen molar-refractivity contribution in [2.24, 2.45) is 0 Å². The number of fused-ring (bicyclic) bond motifs is 1. The number of amides is 1. The third-order valence-corrected chi connectivity index (χ3v) is 7.07. The molecule has 0 saturated heterocycles. The number of hydrogen-bond donors (Lipinski definition) is 2. The van der Waals surface area contributed by atoms with E-state index in [0.29, 0.717) is 36.3 Å². The van der Waals surface area contributed by atoms with Crippen LogP contribution in [0.2, 0.25) is 5.02 Å². The molecule has 0 saturated carbocycles. The van der Waals surface area contributed by atoms with Crippen molar-refractivity contribution >= 4 is 67.5 Å². The molecule has 3 aromatic heterocycles. The van der Waals surface area contributed by atoms with Crippen LogP contribution in [0.25, 0.3) is 21.3 Å². The minimum atomic E-state index is -0.575. The van der Waals surface area contributed by atoms with Crippen LogP contribution in [0.4, 0.5) is 9.93 Å². The van der Waals surface area contributed by atoms with Gasteiger partial charge in [-0.2, -0.15) is 0 Å². The standard InChI is InChI=1S/C18H14ClN5O3S3/c1-2-27-17(26)22-16-23-24-18(30-16)29-8-12-20-14(25)13-10(7-28-15(13)21-12)9-5-3-4-6-11(9)19/h3-7H,2,8H2,1H3,(H,20,21,25)(H,22,23,26). The molecule has 0 aliphatic heterocycles. The Morgan fingerprint density at radius 2 is 2.13 bits per heavy atom. The summed E-state index contributed by atoms with van der Waals surface area (Å²) in [7, 11) is 0. The number of thioether (sulfide) groups is 1. The zero-order chi connectivity index (χ0) is 21.1. The van der Waals surface area contributed by atoms with Crippen molar-refractivity contribution in [2.45, 2.75) is 17.0 Å². The number of nitrogens with one attached hydrogen (secondary N) is 2. The number of anilines is 1. The molecule has 4 rings (SSSR count). The maximum absolute atomic E-state index is 12.7. The molecule has 0 fully saturated rings. The first-order chi connectivity index (χ1) is 14.5. The van der Waals surface area contributed by atoms with Crippen LogP contribution < -0.4 is 10.9 Å². The van der Waals surface area contributed by atoms with Crippen LogP contribution in [0.15, 0.2) is 38.8 Å². The third kappa shape index (κ3) is 4.48. The van der Waals surface area contributed by atoms with Crippen molar-refractivity contribution in [1.29, 1.82) is 0 Å². The van der Waals surface area contributed by atoms with Gasteiger partial charge in [0.25, 0.3) is 5.56 Å². The lowest BCUT2D eigenvalue weighted by Gasteiger charge is -2.03. The number of carbonyl (C=O) groups is 1. The van der Waals surface area contributed by atoms with Gasteiger partial charge in [0, 0.05) is 21.5 Å². The van der Waals surface area contributed by atoms with Crippen LogP contribution in [-0.2, 0) is 10.5 Å². The summed E-state index contributed by atoms with van der Waals surface area (Å²) >= 11 is 10.3. The molecule has 1 aromatic carbocycles. The highest BCUT2D eigenvalue weighted by atomic mass is 35.5. The lowest BCUT2D eigenvalue weighted by atomic mass is 10.1. The Morgan fingerprint density at radius 3 is 2.93 bits per heavy atom. The predicted molar refractivity (Wildman–Crippen MR) is 121 cm³/mol. The van der Waals surface area contributed by atoms with Gasteiger partial charge in [-0.15, -0.1) is 21.5 Å². The number of nitrogens with zero attached hydrogens (tertiary/aromatic N) is 3. The van der Waals surface area contributed by atoms with Crippen LogP contribution in [0.3, 0.4) is 0 Å². The lowest BCUT2D eigenvalue weighted by molar-refractivity contribution is 0.168. The molecule has 0 atom stereocenters. The molecule has 1 amide bonds. The van der Waals surface area contributed by atoms with Gasteiger partial charge in [0.2, 0.25) is 5.13 Å². The molecule has 0 spiro atoms. The molecule has 3 heterocycles. The zero-order valence-corrected chi connectivity index (χ0v) is 18.7. The number of ether oxygens (including phenoxy) is 1. The Hall–Kier alpha value is -2.47. The topological polar surface area (TPSA) is 110 Å². The van der Waals surface area contributed by atoms with E-state index in [9.17, 15) is 9.59 Å². The molecule has 30 heavy (non-hydrogen) atoms. The predicted octanol–water partition coefficient (Wildman–Crippen LogP) is 5.02. The van der Waals surface area contributed by atoms with Gasteiger partial charge in [0.15, 0.2) is 4.34 Å². The molecule has 12 heteroatoms. The van der Waals surface area contributed by atoms with E-state index in [4.69, 9.17) is 16.3 Å². The number of aromatic amines is 1. The van der Waals surface area contributed by atoms with E-state index in [1.165, 1.54) is 34.4 Å². The van der Waals surface area contributed by atoms with Crippen molar-refractivity contribution in [3.63, 3.8) is 0 Å². The van der Waals surface area contributed by atoms with Crippen LogP contribution in [0, 0.1) is 0 Å². The van der Waals surface area contributed by atoms with E-state index < -0.39 is 6.09 Å². The summed E-state index contributed by atoms with van der Waals surface area (Å²) in [5.41, 5.74) is 1.36. The zero-order valence-electron chi connectivity index (χ0n) is 15.5. The smallest absolute Gasteiger partial charge is 0.413 e. The number of H-pyrrole nitrogens is 1. The molecule has 0 aliphatic carbocycles. The molecule has 0 aliphatic rings. The van der Waals surface area contributed by atoms with Gasteiger partial charge in [0.05, 0.1) is 17.7 Å². The summed E-state index contributed by atoms with van der Waals surface area (Å²) in [4.78, 5) is 32.2. The summed E-state index contributed by atoms with van der Waals surface area (Å²) in [6.07, 6.45) is -0.575. The second-order valence-corrected chi connectivity index (χ2v) is 9.29. The molecule has 154 valence electrons. The highest BCUT2D eigenvalue weighted by Gasteiger charge is 2.15. The van der Waals surface area contributed by atoms with Crippen LogP contribution >= 0.6 is 46.0 Å². The maximum Gasteiger partial charge on any atom is 0.413 e. The van der Waals surface area contributed by atoms with E-state index in [2.05, 4.69) is 25.5 Å². The largest absolute Gasteiger partial charge is 0.450 e. The molecule has 4 aromatic rings. The summed E-state index contributed by atoms with van der Waals surface area (Å²) in [6, 6.07) is 7.40. The Bertz CT molecular complexity index is 1270. The van der Waals surface area contributed by atoms with Crippen molar-refractivity contribution in [2.75, 3.05) is 11.9 Å². The Labute approximate surface area is 187 Å². The quantitative estimate of drug-likeness (QED) is 0.295. The van der Waals surface area contributed by atoms with Gasteiger partial charge >= 0.3 is 6.09 Å². The van der Waals surface area contributed by atoms with Gasteiger partial charge in [-0.05, 0) is 13.0 Å². The fourth-order valence-electron chi connectivity index (χ4n) is 2.64. The SMILES string of the molecule is CCOC(=O)Nc1nnc(SCc2nc3scc(-c4ccccc4Cl)c3c(=O)[nH]2)s1. The van der Waals surface area contributed by atoms with E-state index in [-0.39, 0.29) is 12.2 Å². The second-order valence-electron chi connectivity index (χ2n) is 5.83. The fourth-order valence-corrected chi connectivity index (χ4v) is 5.45. The van der Waals surface area contributed by atoms with Gasteiger partial charge in [-0.25, -0.2) is 9.78 Å². The first-order valence-electron chi connectivity index (χ1n) is 8.70. The minimum absolute atomic E-state index is 0.214. The van der Waals surface area contributed by atoms with Gasteiger partial charge in [0.1, 0.15) is 10.7 Å². The number of thiophene rings is 1. The Kier molecular flexibility index (Phi) is 6.32. The van der Waals surface area contributed by atoms with E-state index >= 15 is 0 Å². The monoisotopic (exact) mass is 479 g/mol. The van der Waals surface area contributed by atoms with Crippen LogP contribution in [0.1, 0.15) is 12.7 Å². The molecule has 0 unspecified atom stereocenters. The highest BCUT2D eigenvalue weighted by Crippen LogP contribution is 2.35. The maximum atomic E-state index is 12.7. The average molecular weight is 480 g/mol. The second kappa shape index (κ2) is 9.13. The van der Waals surface area contributed by atoms with Crippen molar-refractivity contribution in [3.05, 3.63) is 50.8 Å². The number of aromatic nitrogens is 4. The number of carbonyl (C=O) groups excluding carboxylic acids is 1. The van der Waals surface area contributed by atoms with Crippen LogP contribution in [-0.4, -0.2) is 32.9 Å². The summed E-state index contributed by atoms with van der Waals surface area (Å²) in [5.74, 6) is 0.929. The Morgan fingerprint density at radius 1 is 1.30 bits per heavy atom. The summed E-state index contributed by atoms with van der Waals surface area (Å²) < 4.78 is 5.44. The molecule has 2 N–H and O–H groups in total. The van der Waals surface area contributed by atoms with E-state index in [0.717, 1.165) is 11.1 Å². The van der Waals surface area contributed by atoms with Crippen LogP contribution in [0.5, 0.6) is 0 Å². The van der Waals surface area contributed by atoms with Crippen molar-refractivity contribution in [3.8, 4) is 11.1 Å². The van der Waals surface area contributed by atoms with Gasteiger partial charge in [-0.1, -0.05) is 52.9 Å².